The van der Waals surface area contributed by atoms with Gasteiger partial charge in [-0.05, 0) is 30.5 Å². The average Bonchev–Trinajstić information content (AvgIpc) is 2.48. The number of ether oxygens (including phenoxy) is 1. The van der Waals surface area contributed by atoms with Gasteiger partial charge in [-0.1, -0.05) is 38.1 Å². The van der Waals surface area contributed by atoms with Gasteiger partial charge in [-0.2, -0.15) is 0 Å². The largest absolute Gasteiger partial charge is 0.481 e. The lowest BCUT2D eigenvalue weighted by Gasteiger charge is -2.17. The molecule has 112 valence electrons. The van der Waals surface area contributed by atoms with Crippen molar-refractivity contribution in [2.75, 3.05) is 14.2 Å². The van der Waals surface area contributed by atoms with Gasteiger partial charge in [0, 0.05) is 6.07 Å². The Labute approximate surface area is 126 Å². The van der Waals surface area contributed by atoms with E-state index in [-0.39, 0.29) is 6.04 Å². The molecule has 0 amide bonds. The molecule has 0 radical (unpaired) electrons. The smallest absolute Gasteiger partial charge is 0.216 e. The molecule has 0 bridgehead atoms. The highest BCUT2D eigenvalue weighted by molar-refractivity contribution is 5.32. The minimum atomic E-state index is 0.0361. The number of hydrogen-bond acceptors (Lipinski definition) is 4. The summed E-state index contributed by atoms with van der Waals surface area (Å²) in [5.41, 5.74) is 3.46. The topological polar surface area (TPSA) is 47.0 Å². The van der Waals surface area contributed by atoms with E-state index in [0.29, 0.717) is 11.8 Å². The SMILES string of the molecule is CNC(c1cccc(CC(C)C)c1)c1cc(OC)ncn1. The summed E-state index contributed by atoms with van der Waals surface area (Å²) in [6, 6.07) is 10.6. The van der Waals surface area contributed by atoms with Crippen LogP contribution in [0.4, 0.5) is 0 Å². The van der Waals surface area contributed by atoms with Gasteiger partial charge in [0.1, 0.15) is 6.33 Å². The summed E-state index contributed by atoms with van der Waals surface area (Å²) in [5.74, 6) is 1.23. The minimum absolute atomic E-state index is 0.0361. The van der Waals surface area contributed by atoms with Crippen LogP contribution in [0.25, 0.3) is 0 Å². The van der Waals surface area contributed by atoms with E-state index in [1.165, 1.54) is 17.5 Å². The molecule has 4 heteroatoms. The number of hydrogen-bond donors (Lipinski definition) is 1. The molecular formula is C17H23N3O. The van der Waals surface area contributed by atoms with Crippen LogP contribution in [0.5, 0.6) is 5.88 Å². The monoisotopic (exact) mass is 285 g/mol. The van der Waals surface area contributed by atoms with Crippen molar-refractivity contribution in [2.24, 2.45) is 5.92 Å². The second kappa shape index (κ2) is 7.18. The Balaban J connectivity index is 2.32. The Hall–Kier alpha value is -1.94. The Morgan fingerprint density at radius 3 is 2.67 bits per heavy atom. The van der Waals surface area contributed by atoms with Crippen molar-refractivity contribution in [2.45, 2.75) is 26.3 Å². The molecule has 21 heavy (non-hydrogen) atoms. The summed E-state index contributed by atoms with van der Waals surface area (Å²) >= 11 is 0. The van der Waals surface area contributed by atoms with E-state index in [1.54, 1.807) is 7.11 Å². The zero-order valence-electron chi connectivity index (χ0n) is 13.1. The lowest BCUT2D eigenvalue weighted by molar-refractivity contribution is 0.395. The second-order valence-corrected chi connectivity index (χ2v) is 5.55. The molecule has 1 unspecified atom stereocenters. The highest BCUT2D eigenvalue weighted by Crippen LogP contribution is 2.23. The number of benzene rings is 1. The summed E-state index contributed by atoms with van der Waals surface area (Å²) in [6.45, 7) is 4.47. The summed E-state index contributed by atoms with van der Waals surface area (Å²) in [5, 5.41) is 3.32. The molecule has 0 saturated carbocycles. The molecule has 1 aromatic heterocycles. The van der Waals surface area contributed by atoms with E-state index in [1.807, 2.05) is 13.1 Å². The lowest BCUT2D eigenvalue weighted by Crippen LogP contribution is -2.19. The molecule has 2 rings (SSSR count). The Bertz CT molecular complexity index is 584. The fourth-order valence-electron chi connectivity index (χ4n) is 2.48. The standard InChI is InChI=1S/C17H23N3O/c1-12(2)8-13-6-5-7-14(9-13)17(18-3)15-10-16(21-4)20-11-19-15/h5-7,9-12,17-18H,8H2,1-4H3. The maximum absolute atomic E-state index is 5.18. The number of aromatic nitrogens is 2. The zero-order chi connectivity index (χ0) is 15.2. The summed E-state index contributed by atoms with van der Waals surface area (Å²) in [6.07, 6.45) is 2.62. The Morgan fingerprint density at radius 1 is 1.19 bits per heavy atom. The van der Waals surface area contributed by atoms with Crippen LogP contribution in [-0.2, 0) is 6.42 Å². The zero-order valence-corrected chi connectivity index (χ0v) is 13.1. The van der Waals surface area contributed by atoms with Gasteiger partial charge in [0.25, 0.3) is 0 Å². The van der Waals surface area contributed by atoms with Crippen LogP contribution < -0.4 is 10.1 Å². The van der Waals surface area contributed by atoms with Crippen LogP contribution in [0.2, 0.25) is 0 Å². The van der Waals surface area contributed by atoms with Crippen molar-refractivity contribution in [3.05, 3.63) is 53.5 Å². The maximum atomic E-state index is 5.18. The molecule has 1 N–H and O–H groups in total. The first-order chi connectivity index (χ1) is 10.1. The predicted octanol–water partition coefficient (Wildman–Crippen LogP) is 2.99. The van der Waals surface area contributed by atoms with Crippen LogP contribution in [0, 0.1) is 5.92 Å². The van der Waals surface area contributed by atoms with Crippen molar-refractivity contribution in [1.82, 2.24) is 15.3 Å². The third-order valence-corrected chi connectivity index (χ3v) is 3.39. The lowest BCUT2D eigenvalue weighted by atomic mass is 9.97. The van der Waals surface area contributed by atoms with Crippen molar-refractivity contribution in [1.29, 1.82) is 0 Å². The maximum Gasteiger partial charge on any atom is 0.216 e. The van der Waals surface area contributed by atoms with Crippen LogP contribution in [0.15, 0.2) is 36.7 Å². The van der Waals surface area contributed by atoms with E-state index < -0.39 is 0 Å². The number of nitrogens with one attached hydrogen (secondary N) is 1. The van der Waals surface area contributed by atoms with E-state index in [4.69, 9.17) is 4.74 Å². The molecule has 0 aliphatic carbocycles. The minimum Gasteiger partial charge on any atom is -0.481 e. The van der Waals surface area contributed by atoms with E-state index in [9.17, 15) is 0 Å². The van der Waals surface area contributed by atoms with E-state index in [0.717, 1.165) is 12.1 Å². The van der Waals surface area contributed by atoms with Crippen molar-refractivity contribution in [3.63, 3.8) is 0 Å². The van der Waals surface area contributed by atoms with Gasteiger partial charge in [-0.15, -0.1) is 0 Å². The number of rotatable bonds is 6. The molecule has 1 atom stereocenters. The Kier molecular flexibility index (Phi) is 5.28. The van der Waals surface area contributed by atoms with Crippen LogP contribution in [-0.4, -0.2) is 24.1 Å². The number of methoxy groups -OCH3 is 1. The molecule has 0 aliphatic rings. The van der Waals surface area contributed by atoms with Crippen molar-refractivity contribution >= 4 is 0 Å². The third-order valence-electron chi connectivity index (χ3n) is 3.39. The fourth-order valence-corrected chi connectivity index (χ4v) is 2.48. The van der Waals surface area contributed by atoms with Crippen LogP contribution in [0.3, 0.4) is 0 Å². The number of nitrogens with zero attached hydrogens (tertiary/aromatic N) is 2. The molecule has 0 aliphatic heterocycles. The second-order valence-electron chi connectivity index (χ2n) is 5.55. The van der Waals surface area contributed by atoms with E-state index in [2.05, 4.69) is 53.4 Å². The summed E-state index contributed by atoms with van der Waals surface area (Å²) in [7, 11) is 3.55. The molecule has 2 aromatic rings. The fraction of sp³-hybridized carbons (Fsp3) is 0.412. The normalized spacial score (nSPS) is 12.4. The quantitative estimate of drug-likeness (QED) is 0.886. The molecule has 1 aromatic carbocycles. The van der Waals surface area contributed by atoms with Gasteiger partial charge in [0.15, 0.2) is 0 Å². The van der Waals surface area contributed by atoms with Crippen molar-refractivity contribution < 1.29 is 4.74 Å². The van der Waals surface area contributed by atoms with Gasteiger partial charge in [-0.25, -0.2) is 9.97 Å². The molecule has 0 saturated heterocycles. The first-order valence-corrected chi connectivity index (χ1v) is 7.26. The van der Waals surface area contributed by atoms with Gasteiger partial charge in [-0.3, -0.25) is 0 Å². The van der Waals surface area contributed by atoms with Crippen LogP contribution in [0.1, 0.15) is 36.7 Å². The molecule has 4 nitrogen and oxygen atoms in total. The summed E-state index contributed by atoms with van der Waals surface area (Å²) < 4.78 is 5.18. The van der Waals surface area contributed by atoms with Gasteiger partial charge in [0.05, 0.1) is 18.8 Å². The molecular weight excluding hydrogens is 262 g/mol. The highest BCUT2D eigenvalue weighted by atomic mass is 16.5. The first kappa shape index (κ1) is 15.4. The summed E-state index contributed by atoms with van der Waals surface area (Å²) in [4.78, 5) is 8.44. The Morgan fingerprint density at radius 2 is 2.00 bits per heavy atom. The third kappa shape index (κ3) is 4.02. The first-order valence-electron chi connectivity index (χ1n) is 7.26. The van der Waals surface area contributed by atoms with Gasteiger partial charge >= 0.3 is 0 Å². The van der Waals surface area contributed by atoms with Gasteiger partial charge in [0.2, 0.25) is 5.88 Å². The molecule has 0 fully saturated rings. The van der Waals surface area contributed by atoms with Crippen molar-refractivity contribution in [3.8, 4) is 5.88 Å². The predicted molar refractivity (Wildman–Crippen MR) is 84.5 cm³/mol. The average molecular weight is 285 g/mol. The highest BCUT2D eigenvalue weighted by Gasteiger charge is 2.15. The van der Waals surface area contributed by atoms with Gasteiger partial charge < -0.3 is 10.1 Å². The van der Waals surface area contributed by atoms with Crippen LogP contribution >= 0.6 is 0 Å². The molecule has 1 heterocycles. The molecule has 0 spiro atoms. The van der Waals surface area contributed by atoms with E-state index >= 15 is 0 Å².